The maximum atomic E-state index is 5.30. The second-order valence-corrected chi connectivity index (χ2v) is 15.7. The van der Waals surface area contributed by atoms with E-state index in [1.54, 1.807) is 0 Å². The van der Waals surface area contributed by atoms with Crippen molar-refractivity contribution in [3.63, 3.8) is 0 Å². The molecule has 0 bridgehead atoms. The number of benzene rings is 9. The van der Waals surface area contributed by atoms with Gasteiger partial charge in [0.15, 0.2) is 5.82 Å². The van der Waals surface area contributed by atoms with Crippen LogP contribution in [0.1, 0.15) is 25.0 Å². The predicted molar refractivity (Wildman–Crippen MR) is 239 cm³/mol. The van der Waals surface area contributed by atoms with E-state index in [0.717, 1.165) is 44.6 Å². The number of hydrogen-bond donors (Lipinski definition) is 0. The van der Waals surface area contributed by atoms with Gasteiger partial charge < -0.3 is 0 Å². The van der Waals surface area contributed by atoms with Crippen molar-refractivity contribution in [3.05, 3.63) is 205 Å². The highest BCUT2D eigenvalue weighted by molar-refractivity contribution is 6.06. The molecule has 1 aliphatic carbocycles. The highest BCUT2D eigenvalue weighted by Crippen LogP contribution is 2.52. The zero-order chi connectivity index (χ0) is 38.1. The van der Waals surface area contributed by atoms with Crippen molar-refractivity contribution in [2.75, 3.05) is 0 Å². The minimum absolute atomic E-state index is 0.133. The molecule has 0 aliphatic heterocycles. The van der Waals surface area contributed by atoms with Gasteiger partial charge in [-0.2, -0.15) is 0 Å². The van der Waals surface area contributed by atoms with Crippen LogP contribution in [0.5, 0.6) is 0 Å². The normalized spacial score (nSPS) is 12.9. The summed E-state index contributed by atoms with van der Waals surface area (Å²) in [5.41, 5.74) is 15.0. The van der Waals surface area contributed by atoms with Gasteiger partial charge in [-0.1, -0.05) is 190 Å². The van der Waals surface area contributed by atoms with Crippen LogP contribution in [0.25, 0.3) is 99.6 Å². The second kappa shape index (κ2) is 13.0. The van der Waals surface area contributed by atoms with Gasteiger partial charge in [-0.05, 0) is 95.0 Å². The molecular weight excluding hydrogens is 689 g/mol. The van der Waals surface area contributed by atoms with Crippen LogP contribution in [0.15, 0.2) is 194 Å². The SMILES string of the molecule is CC1(C)c2cc(-c3ccc(-c4cc(-c5ccccc5-c5ccc6ccccc6c5)nc(-c5ccccc5)n4)c4ccccc34)ccc2-c2ccc3ccccc3c21. The molecule has 10 aromatic rings. The molecule has 268 valence electrons. The van der Waals surface area contributed by atoms with Gasteiger partial charge in [-0.15, -0.1) is 0 Å². The van der Waals surface area contributed by atoms with E-state index in [4.69, 9.17) is 9.97 Å². The third-order valence-electron chi connectivity index (χ3n) is 12.1. The van der Waals surface area contributed by atoms with Crippen molar-refractivity contribution in [1.29, 1.82) is 0 Å². The molecule has 0 N–H and O–H groups in total. The molecule has 9 aromatic carbocycles. The second-order valence-electron chi connectivity index (χ2n) is 15.7. The van der Waals surface area contributed by atoms with Crippen LogP contribution < -0.4 is 0 Å². The first kappa shape index (κ1) is 33.2. The van der Waals surface area contributed by atoms with E-state index in [-0.39, 0.29) is 5.41 Å². The molecule has 1 aromatic heterocycles. The van der Waals surface area contributed by atoms with E-state index < -0.39 is 0 Å². The lowest BCUT2D eigenvalue weighted by atomic mass is 9.79. The molecule has 0 saturated heterocycles. The summed E-state index contributed by atoms with van der Waals surface area (Å²) >= 11 is 0. The van der Waals surface area contributed by atoms with Gasteiger partial charge in [-0.3, -0.25) is 0 Å². The molecular formula is C55H38N2. The zero-order valence-corrected chi connectivity index (χ0v) is 31.9. The van der Waals surface area contributed by atoms with E-state index >= 15 is 0 Å². The Balaban J connectivity index is 1.07. The fraction of sp³-hybridized carbons (Fsp3) is 0.0545. The van der Waals surface area contributed by atoms with Crippen molar-refractivity contribution in [2.24, 2.45) is 0 Å². The van der Waals surface area contributed by atoms with Gasteiger partial charge in [0.1, 0.15) is 0 Å². The first-order valence-electron chi connectivity index (χ1n) is 19.7. The Morgan fingerprint density at radius 2 is 0.877 bits per heavy atom. The quantitative estimate of drug-likeness (QED) is 0.176. The summed E-state index contributed by atoms with van der Waals surface area (Å²) in [5, 5.41) is 7.44. The van der Waals surface area contributed by atoms with Crippen LogP contribution in [0.3, 0.4) is 0 Å². The standard InChI is InChI=1S/C55H38N2/c1-55(2)50-33-40(27-28-46(50)49-29-26-36-15-8-9-20-43(36)53(49)55)42-30-31-48(45-22-12-11-21-44(42)45)52-34-51(56-54(57-52)37-16-4-3-5-17-37)47-23-13-10-19-41(47)39-25-24-35-14-6-7-18-38(35)32-39/h3-34H,1-2H3. The summed E-state index contributed by atoms with van der Waals surface area (Å²) in [5.74, 6) is 0.706. The number of aromatic nitrogens is 2. The first-order valence-corrected chi connectivity index (χ1v) is 19.7. The summed E-state index contributed by atoms with van der Waals surface area (Å²) in [4.78, 5) is 10.6. The Morgan fingerprint density at radius 3 is 1.68 bits per heavy atom. The van der Waals surface area contributed by atoms with Crippen molar-refractivity contribution in [3.8, 4) is 67.3 Å². The molecule has 0 spiro atoms. The lowest BCUT2D eigenvalue weighted by molar-refractivity contribution is 0.666. The zero-order valence-electron chi connectivity index (χ0n) is 31.9. The Bertz CT molecular complexity index is 3210. The minimum atomic E-state index is -0.133. The van der Waals surface area contributed by atoms with Crippen molar-refractivity contribution < 1.29 is 0 Å². The van der Waals surface area contributed by atoms with Crippen molar-refractivity contribution in [1.82, 2.24) is 9.97 Å². The minimum Gasteiger partial charge on any atom is -0.228 e. The molecule has 1 heterocycles. The molecule has 2 nitrogen and oxygen atoms in total. The number of nitrogens with zero attached hydrogens (tertiary/aromatic N) is 2. The molecule has 2 heteroatoms. The highest BCUT2D eigenvalue weighted by Gasteiger charge is 2.37. The summed E-state index contributed by atoms with van der Waals surface area (Å²) in [7, 11) is 0. The smallest absolute Gasteiger partial charge is 0.160 e. The van der Waals surface area contributed by atoms with Gasteiger partial charge >= 0.3 is 0 Å². The van der Waals surface area contributed by atoms with E-state index in [0.29, 0.717) is 5.82 Å². The summed E-state index contributed by atoms with van der Waals surface area (Å²) in [6.07, 6.45) is 0. The lowest BCUT2D eigenvalue weighted by Crippen LogP contribution is -2.15. The van der Waals surface area contributed by atoms with Gasteiger partial charge in [0.2, 0.25) is 0 Å². The van der Waals surface area contributed by atoms with Gasteiger partial charge in [-0.25, -0.2) is 9.97 Å². The first-order chi connectivity index (χ1) is 28.0. The fourth-order valence-corrected chi connectivity index (χ4v) is 9.30. The average molecular weight is 727 g/mol. The maximum absolute atomic E-state index is 5.30. The number of fused-ring (bicyclic) bond motifs is 7. The summed E-state index contributed by atoms with van der Waals surface area (Å²) in [6.45, 7) is 4.76. The summed E-state index contributed by atoms with van der Waals surface area (Å²) in [6, 6.07) is 70.1. The Morgan fingerprint density at radius 1 is 0.333 bits per heavy atom. The topological polar surface area (TPSA) is 25.8 Å². The lowest BCUT2D eigenvalue weighted by Gasteiger charge is -2.24. The van der Waals surface area contributed by atoms with Gasteiger partial charge in [0, 0.05) is 22.1 Å². The number of hydrogen-bond acceptors (Lipinski definition) is 2. The van der Waals surface area contributed by atoms with Crippen LogP contribution in [0, 0.1) is 0 Å². The van der Waals surface area contributed by atoms with Crippen LogP contribution in [0.2, 0.25) is 0 Å². The fourth-order valence-electron chi connectivity index (χ4n) is 9.30. The van der Waals surface area contributed by atoms with Crippen LogP contribution in [0.4, 0.5) is 0 Å². The molecule has 0 atom stereocenters. The number of rotatable bonds is 5. The largest absolute Gasteiger partial charge is 0.228 e. The molecule has 1 aliphatic rings. The third kappa shape index (κ3) is 5.40. The van der Waals surface area contributed by atoms with Gasteiger partial charge in [0.25, 0.3) is 0 Å². The third-order valence-corrected chi connectivity index (χ3v) is 12.1. The van der Waals surface area contributed by atoms with Crippen molar-refractivity contribution >= 4 is 32.3 Å². The predicted octanol–water partition coefficient (Wildman–Crippen LogP) is 14.6. The highest BCUT2D eigenvalue weighted by atomic mass is 14.9. The maximum Gasteiger partial charge on any atom is 0.160 e. The van der Waals surface area contributed by atoms with Crippen LogP contribution in [-0.2, 0) is 5.41 Å². The Hall–Kier alpha value is -7.16. The van der Waals surface area contributed by atoms with E-state index in [2.05, 4.69) is 202 Å². The van der Waals surface area contributed by atoms with Gasteiger partial charge in [0.05, 0.1) is 11.4 Å². The van der Waals surface area contributed by atoms with Crippen LogP contribution in [-0.4, -0.2) is 9.97 Å². The molecule has 0 fully saturated rings. The molecule has 57 heavy (non-hydrogen) atoms. The molecule has 11 rings (SSSR count). The molecule has 0 amide bonds. The van der Waals surface area contributed by atoms with Crippen LogP contribution >= 0.6 is 0 Å². The van der Waals surface area contributed by atoms with E-state index in [1.807, 2.05) is 6.07 Å². The Kier molecular flexibility index (Phi) is 7.55. The monoisotopic (exact) mass is 726 g/mol. The molecule has 0 unspecified atom stereocenters. The average Bonchev–Trinajstić information content (AvgIpc) is 3.51. The molecule has 0 saturated carbocycles. The van der Waals surface area contributed by atoms with E-state index in [9.17, 15) is 0 Å². The van der Waals surface area contributed by atoms with E-state index in [1.165, 1.54) is 60.3 Å². The molecule has 0 radical (unpaired) electrons. The Labute approximate surface area is 332 Å². The van der Waals surface area contributed by atoms with Crippen molar-refractivity contribution in [2.45, 2.75) is 19.3 Å². The summed E-state index contributed by atoms with van der Waals surface area (Å²) < 4.78 is 0.